The van der Waals surface area contributed by atoms with E-state index in [1.807, 2.05) is 48.5 Å². The van der Waals surface area contributed by atoms with Crippen LogP contribution in [0.1, 0.15) is 27.2 Å². The molecule has 1 aromatic heterocycles. The van der Waals surface area contributed by atoms with E-state index in [9.17, 15) is 9.90 Å². The van der Waals surface area contributed by atoms with Crippen LogP contribution in [0, 0.1) is 0 Å². The molecule has 6 nitrogen and oxygen atoms in total. The van der Waals surface area contributed by atoms with Gasteiger partial charge in [0.05, 0.1) is 18.0 Å². The second-order valence-corrected chi connectivity index (χ2v) is 5.67. The van der Waals surface area contributed by atoms with Gasteiger partial charge in [-0.2, -0.15) is 5.10 Å². The molecule has 2 aromatic carbocycles. The number of hydrogen-bond acceptors (Lipinski definition) is 4. The average molecular weight is 321 g/mol. The summed E-state index contributed by atoms with van der Waals surface area (Å²) >= 11 is 0. The Balaban J connectivity index is 1.95. The van der Waals surface area contributed by atoms with Crippen molar-refractivity contribution in [2.24, 2.45) is 5.90 Å². The fraction of sp³-hybridized carbons (Fsp3) is 0.111. The monoisotopic (exact) mass is 321 g/mol. The molecule has 0 atom stereocenters. The van der Waals surface area contributed by atoms with Gasteiger partial charge in [-0.25, -0.2) is 15.4 Å². The van der Waals surface area contributed by atoms with E-state index >= 15 is 0 Å². The van der Waals surface area contributed by atoms with Crippen molar-refractivity contribution in [1.82, 2.24) is 9.78 Å². The molecule has 3 N–H and O–H groups in total. The summed E-state index contributed by atoms with van der Waals surface area (Å²) < 4.78 is 1.48. The summed E-state index contributed by atoms with van der Waals surface area (Å²) in [7, 11) is 0. The minimum Gasteiger partial charge on any atom is -0.476 e. The number of para-hydroxylation sites is 1. The third-order valence-electron chi connectivity index (χ3n) is 4.28. The Bertz CT molecular complexity index is 946. The zero-order chi connectivity index (χ0) is 16.7. The number of nitrogens with two attached hydrogens (primary N) is 1. The Morgan fingerprint density at radius 1 is 1.21 bits per heavy atom. The number of rotatable bonds is 4. The number of hydrogen-bond donors (Lipinski definition) is 2. The van der Waals surface area contributed by atoms with Gasteiger partial charge < -0.3 is 5.11 Å². The Morgan fingerprint density at radius 2 is 1.96 bits per heavy atom. The molecule has 1 aliphatic rings. The van der Waals surface area contributed by atoms with E-state index in [0.717, 1.165) is 27.9 Å². The molecule has 1 heterocycles. The smallest absolute Gasteiger partial charge is 0.354 e. The highest BCUT2D eigenvalue weighted by molar-refractivity contribution is 5.93. The summed E-state index contributed by atoms with van der Waals surface area (Å²) in [6.07, 6.45) is 0.572. The minimum atomic E-state index is -1.000. The molecule has 0 fully saturated rings. The van der Waals surface area contributed by atoms with E-state index in [0.29, 0.717) is 12.1 Å². The van der Waals surface area contributed by atoms with Crippen LogP contribution in [0.4, 0.5) is 0 Å². The summed E-state index contributed by atoms with van der Waals surface area (Å²) in [5, 5.41) is 14.4. The summed E-state index contributed by atoms with van der Waals surface area (Å²) in [6, 6.07) is 15.2. The van der Waals surface area contributed by atoms with Gasteiger partial charge in [-0.1, -0.05) is 42.5 Å². The molecule has 0 aliphatic heterocycles. The van der Waals surface area contributed by atoms with Crippen LogP contribution in [0.5, 0.6) is 0 Å². The first-order valence-electron chi connectivity index (χ1n) is 7.54. The normalized spacial score (nSPS) is 12.0. The highest BCUT2D eigenvalue weighted by Gasteiger charge is 2.31. The van der Waals surface area contributed by atoms with Gasteiger partial charge in [-0.05, 0) is 11.6 Å². The lowest BCUT2D eigenvalue weighted by Gasteiger charge is -2.11. The maximum atomic E-state index is 11.9. The predicted octanol–water partition coefficient (Wildman–Crippen LogP) is 2.53. The third kappa shape index (κ3) is 2.12. The van der Waals surface area contributed by atoms with Crippen LogP contribution in [-0.2, 0) is 17.9 Å². The molecule has 120 valence electrons. The van der Waals surface area contributed by atoms with Crippen LogP contribution < -0.4 is 5.90 Å². The highest BCUT2D eigenvalue weighted by Crippen LogP contribution is 2.38. The standard InChI is InChI=1S/C18H15N3O3/c19-24-10-12-6-2-4-8-15(12)21-17(18(22)23)14-9-11-5-1-3-7-13(11)16(14)20-21/h1-8H,9-10,19H2,(H,22,23). The zero-order valence-corrected chi connectivity index (χ0v) is 12.8. The van der Waals surface area contributed by atoms with E-state index in [1.54, 1.807) is 0 Å². The van der Waals surface area contributed by atoms with E-state index in [2.05, 4.69) is 5.10 Å². The predicted molar refractivity (Wildman–Crippen MR) is 87.7 cm³/mol. The van der Waals surface area contributed by atoms with Gasteiger partial charge in [0.15, 0.2) is 5.69 Å². The van der Waals surface area contributed by atoms with Crippen molar-refractivity contribution in [3.05, 3.63) is 70.9 Å². The number of nitrogens with zero attached hydrogens (tertiary/aromatic N) is 2. The van der Waals surface area contributed by atoms with Gasteiger partial charge in [0, 0.05) is 23.1 Å². The maximum absolute atomic E-state index is 11.9. The van der Waals surface area contributed by atoms with Crippen molar-refractivity contribution in [2.75, 3.05) is 0 Å². The second kappa shape index (κ2) is 5.59. The maximum Gasteiger partial charge on any atom is 0.354 e. The van der Waals surface area contributed by atoms with E-state index in [1.165, 1.54) is 4.68 Å². The van der Waals surface area contributed by atoms with Gasteiger partial charge >= 0.3 is 5.97 Å². The number of aromatic carboxylic acids is 1. The molecule has 0 amide bonds. The van der Waals surface area contributed by atoms with Gasteiger partial charge in [-0.3, -0.25) is 4.84 Å². The highest BCUT2D eigenvalue weighted by atomic mass is 16.6. The lowest BCUT2D eigenvalue weighted by Crippen LogP contribution is -2.13. The lowest BCUT2D eigenvalue weighted by atomic mass is 10.1. The Labute approximate surface area is 138 Å². The average Bonchev–Trinajstić information content (AvgIpc) is 3.11. The number of carboxylic acids is 1. The largest absolute Gasteiger partial charge is 0.476 e. The van der Waals surface area contributed by atoms with Crippen LogP contribution in [0.3, 0.4) is 0 Å². The van der Waals surface area contributed by atoms with Gasteiger partial charge in [-0.15, -0.1) is 0 Å². The van der Waals surface area contributed by atoms with Gasteiger partial charge in [0.25, 0.3) is 0 Å². The second-order valence-electron chi connectivity index (χ2n) is 5.67. The Morgan fingerprint density at radius 3 is 2.75 bits per heavy atom. The van der Waals surface area contributed by atoms with Crippen molar-refractivity contribution in [2.45, 2.75) is 13.0 Å². The fourth-order valence-corrected chi connectivity index (χ4v) is 3.25. The molecule has 0 unspecified atom stereocenters. The Hall–Kier alpha value is -2.96. The lowest BCUT2D eigenvalue weighted by molar-refractivity contribution is 0.0685. The molecule has 4 rings (SSSR count). The molecule has 0 saturated heterocycles. The number of aromatic nitrogens is 2. The minimum absolute atomic E-state index is 0.177. The van der Waals surface area contributed by atoms with Crippen LogP contribution in [-0.4, -0.2) is 20.9 Å². The third-order valence-corrected chi connectivity index (χ3v) is 4.28. The number of carboxylic acid groups (broad SMARTS) is 1. The molecular formula is C18H15N3O3. The molecule has 0 radical (unpaired) electrons. The van der Waals surface area contributed by atoms with E-state index < -0.39 is 5.97 Å². The summed E-state index contributed by atoms with van der Waals surface area (Å²) in [4.78, 5) is 16.7. The molecule has 3 aromatic rings. The number of carbonyl (C=O) groups is 1. The molecule has 1 aliphatic carbocycles. The van der Waals surface area contributed by atoms with Crippen LogP contribution in [0.15, 0.2) is 48.5 Å². The van der Waals surface area contributed by atoms with Gasteiger partial charge in [0.1, 0.15) is 0 Å². The molecule has 0 spiro atoms. The molecule has 6 heteroatoms. The molecule has 0 saturated carbocycles. The van der Waals surface area contributed by atoms with Crippen molar-refractivity contribution < 1.29 is 14.7 Å². The summed E-state index contributed by atoms with van der Waals surface area (Å²) in [5.41, 5.74) is 5.18. The quantitative estimate of drug-likeness (QED) is 0.564. The molecule has 0 bridgehead atoms. The van der Waals surface area contributed by atoms with Crippen molar-refractivity contribution in [3.8, 4) is 16.9 Å². The summed E-state index contributed by atoms with van der Waals surface area (Å²) in [6.45, 7) is 0.177. The SMILES string of the molecule is NOCc1ccccc1-n1nc2c(c1C(=O)O)Cc1ccccc1-2. The van der Waals surface area contributed by atoms with Crippen molar-refractivity contribution in [3.63, 3.8) is 0 Å². The first-order valence-corrected chi connectivity index (χ1v) is 7.54. The van der Waals surface area contributed by atoms with Crippen LogP contribution in [0.25, 0.3) is 16.9 Å². The first kappa shape index (κ1) is 14.6. The topological polar surface area (TPSA) is 90.4 Å². The number of fused-ring (bicyclic) bond motifs is 3. The van der Waals surface area contributed by atoms with E-state index in [4.69, 9.17) is 10.7 Å². The van der Waals surface area contributed by atoms with Crippen molar-refractivity contribution in [1.29, 1.82) is 0 Å². The van der Waals surface area contributed by atoms with Gasteiger partial charge in [0.2, 0.25) is 0 Å². The van der Waals surface area contributed by atoms with Crippen LogP contribution in [0.2, 0.25) is 0 Å². The van der Waals surface area contributed by atoms with Crippen molar-refractivity contribution >= 4 is 5.97 Å². The zero-order valence-electron chi connectivity index (χ0n) is 12.8. The number of benzene rings is 2. The molecular weight excluding hydrogens is 306 g/mol. The molecule has 24 heavy (non-hydrogen) atoms. The van der Waals surface area contributed by atoms with E-state index in [-0.39, 0.29) is 12.3 Å². The first-order chi connectivity index (χ1) is 11.7. The fourth-order valence-electron chi connectivity index (χ4n) is 3.25. The Kier molecular flexibility index (Phi) is 3.41. The summed E-state index contributed by atoms with van der Waals surface area (Å²) in [5.74, 6) is 4.20. The van der Waals surface area contributed by atoms with Crippen LogP contribution >= 0.6 is 0 Å².